The lowest BCUT2D eigenvalue weighted by molar-refractivity contribution is -0.143. The van der Waals surface area contributed by atoms with E-state index in [1.165, 1.54) is 6.07 Å². The number of fused-ring (bicyclic) bond motifs is 4. The number of benzene rings is 2. The summed E-state index contributed by atoms with van der Waals surface area (Å²) in [7, 11) is 0. The molecule has 1 aliphatic rings. The molecule has 0 aliphatic carbocycles. The molecule has 188 valence electrons. The molecule has 0 bridgehead atoms. The minimum atomic E-state index is -3.47. The standard InChI is InChI=1S/C25H24F4N6O/c1-13-32-33-22-24(2,3)31-17-12-16(26)19(20(27)21(17)35(13)22)15-6-5-7-18-14(15)8-10-34(18)11-9-30-23(36)25(4,28)29/h5-8,10,12,31H,9,11H2,1-4H3,(H,30,36). The number of rotatable bonds is 5. The lowest BCUT2D eigenvalue weighted by Crippen LogP contribution is -2.39. The number of carbonyl (C=O) groups excluding carboxylic acids is 1. The van der Waals surface area contributed by atoms with Crippen molar-refractivity contribution < 1.29 is 22.4 Å². The van der Waals surface area contributed by atoms with Gasteiger partial charge in [0.25, 0.3) is 5.91 Å². The van der Waals surface area contributed by atoms with Crippen LogP contribution in [0.25, 0.3) is 27.7 Å². The molecule has 0 atom stereocenters. The first kappa shape index (κ1) is 23.8. The Kier molecular flexibility index (Phi) is 5.34. The lowest BCUT2D eigenvalue weighted by atomic mass is 9.95. The zero-order chi connectivity index (χ0) is 26.0. The molecule has 0 fully saturated rings. The highest BCUT2D eigenvalue weighted by molar-refractivity contribution is 5.97. The maximum absolute atomic E-state index is 16.1. The summed E-state index contributed by atoms with van der Waals surface area (Å²) in [4.78, 5) is 11.5. The monoisotopic (exact) mass is 500 g/mol. The van der Waals surface area contributed by atoms with Crippen LogP contribution in [0.4, 0.5) is 23.2 Å². The van der Waals surface area contributed by atoms with Crippen molar-refractivity contribution in [2.45, 2.75) is 45.7 Å². The molecule has 5 rings (SSSR count). The molecular weight excluding hydrogens is 476 g/mol. The van der Waals surface area contributed by atoms with Gasteiger partial charge < -0.3 is 15.2 Å². The summed E-state index contributed by atoms with van der Waals surface area (Å²) in [6.45, 7) is 6.11. The highest BCUT2D eigenvalue weighted by Crippen LogP contribution is 2.43. The molecule has 36 heavy (non-hydrogen) atoms. The summed E-state index contributed by atoms with van der Waals surface area (Å²) in [5, 5.41) is 14.2. The van der Waals surface area contributed by atoms with Crippen LogP contribution >= 0.6 is 0 Å². The zero-order valence-corrected chi connectivity index (χ0v) is 20.1. The molecule has 11 heteroatoms. The number of aromatic nitrogens is 4. The Morgan fingerprint density at radius 3 is 2.67 bits per heavy atom. The maximum Gasteiger partial charge on any atom is 0.321 e. The third-order valence-electron chi connectivity index (χ3n) is 6.37. The van der Waals surface area contributed by atoms with Crippen LogP contribution in [0, 0.1) is 18.6 Å². The molecule has 1 amide bonds. The molecule has 0 unspecified atom stereocenters. The van der Waals surface area contributed by atoms with Crippen LogP contribution in [-0.4, -0.2) is 37.7 Å². The minimum Gasteiger partial charge on any atom is -0.371 e. The number of aryl methyl sites for hydroxylation is 1. The van der Waals surface area contributed by atoms with E-state index in [9.17, 15) is 13.6 Å². The number of alkyl halides is 2. The Balaban J connectivity index is 1.58. The fourth-order valence-corrected chi connectivity index (χ4v) is 4.68. The van der Waals surface area contributed by atoms with Gasteiger partial charge in [0.15, 0.2) is 11.6 Å². The zero-order valence-electron chi connectivity index (χ0n) is 20.1. The van der Waals surface area contributed by atoms with Crippen LogP contribution in [0.1, 0.15) is 32.4 Å². The van der Waals surface area contributed by atoms with Gasteiger partial charge >= 0.3 is 5.92 Å². The number of hydrogen-bond acceptors (Lipinski definition) is 4. The minimum absolute atomic E-state index is 0.0328. The average Bonchev–Trinajstić information content (AvgIpc) is 3.37. The second-order valence-corrected chi connectivity index (χ2v) is 9.49. The molecule has 2 N–H and O–H groups in total. The van der Waals surface area contributed by atoms with Gasteiger partial charge in [0.05, 0.1) is 16.8 Å². The van der Waals surface area contributed by atoms with Crippen molar-refractivity contribution in [3.63, 3.8) is 0 Å². The van der Waals surface area contributed by atoms with Crippen LogP contribution in [0.15, 0.2) is 36.5 Å². The van der Waals surface area contributed by atoms with Gasteiger partial charge in [-0.05, 0) is 38.5 Å². The SMILES string of the molecule is Cc1nnc2n1-c1c(cc(F)c(-c3cccc4c3ccn4CCNC(=O)C(C)(F)F)c1F)NC2(C)C. The molecule has 0 saturated heterocycles. The molecule has 2 aromatic carbocycles. The normalized spacial score (nSPS) is 14.3. The predicted octanol–water partition coefficient (Wildman–Crippen LogP) is 4.91. The smallest absolute Gasteiger partial charge is 0.321 e. The van der Waals surface area contributed by atoms with Crippen LogP contribution in [0.5, 0.6) is 0 Å². The summed E-state index contributed by atoms with van der Waals surface area (Å²) < 4.78 is 61.2. The fourth-order valence-electron chi connectivity index (χ4n) is 4.68. The fraction of sp³-hybridized carbons (Fsp3) is 0.320. The van der Waals surface area contributed by atoms with Gasteiger partial charge in [-0.15, -0.1) is 10.2 Å². The Hall–Kier alpha value is -3.89. The molecule has 7 nitrogen and oxygen atoms in total. The van der Waals surface area contributed by atoms with Crippen molar-refractivity contribution in [2.75, 3.05) is 11.9 Å². The maximum atomic E-state index is 16.1. The second kappa shape index (κ2) is 8.07. The average molecular weight is 501 g/mol. The molecule has 0 spiro atoms. The molecule has 4 aromatic rings. The van der Waals surface area contributed by atoms with E-state index >= 15 is 8.78 Å². The number of nitrogens with one attached hydrogen (secondary N) is 2. The highest BCUT2D eigenvalue weighted by atomic mass is 19.3. The summed E-state index contributed by atoms with van der Waals surface area (Å²) in [5.74, 6) is -5.34. The third kappa shape index (κ3) is 3.69. The number of hydrogen-bond donors (Lipinski definition) is 2. The number of anilines is 1. The van der Waals surface area contributed by atoms with Crippen LogP contribution in [0.2, 0.25) is 0 Å². The van der Waals surface area contributed by atoms with E-state index in [2.05, 4.69) is 20.8 Å². The van der Waals surface area contributed by atoms with E-state index in [1.807, 2.05) is 13.8 Å². The molecule has 0 radical (unpaired) electrons. The topological polar surface area (TPSA) is 76.8 Å². The van der Waals surface area contributed by atoms with Crippen LogP contribution in [-0.2, 0) is 16.9 Å². The van der Waals surface area contributed by atoms with Gasteiger partial charge in [-0.2, -0.15) is 8.78 Å². The van der Waals surface area contributed by atoms with E-state index in [4.69, 9.17) is 0 Å². The van der Waals surface area contributed by atoms with Gasteiger partial charge in [0.1, 0.15) is 17.3 Å². The van der Waals surface area contributed by atoms with Gasteiger partial charge in [0.2, 0.25) is 0 Å². The van der Waals surface area contributed by atoms with Crippen molar-refractivity contribution in [2.24, 2.45) is 0 Å². The molecule has 0 saturated carbocycles. The number of nitrogens with zero attached hydrogens (tertiary/aromatic N) is 4. The highest BCUT2D eigenvalue weighted by Gasteiger charge is 2.37. The van der Waals surface area contributed by atoms with Crippen molar-refractivity contribution in [3.05, 3.63) is 59.8 Å². The first-order chi connectivity index (χ1) is 16.9. The van der Waals surface area contributed by atoms with Gasteiger partial charge in [-0.25, -0.2) is 8.78 Å². The molecular formula is C25H24F4N6O. The number of carbonyl (C=O) groups is 1. The largest absolute Gasteiger partial charge is 0.371 e. The van der Waals surface area contributed by atoms with E-state index < -0.39 is 29.0 Å². The van der Waals surface area contributed by atoms with Crippen LogP contribution < -0.4 is 10.6 Å². The summed E-state index contributed by atoms with van der Waals surface area (Å²) >= 11 is 0. The van der Waals surface area contributed by atoms with E-state index in [0.717, 1.165) is 0 Å². The molecule has 1 aliphatic heterocycles. The Morgan fingerprint density at radius 2 is 1.94 bits per heavy atom. The van der Waals surface area contributed by atoms with Gasteiger partial charge in [-0.3, -0.25) is 9.36 Å². The predicted molar refractivity (Wildman–Crippen MR) is 127 cm³/mol. The van der Waals surface area contributed by atoms with E-state index in [-0.39, 0.29) is 24.3 Å². The quantitative estimate of drug-likeness (QED) is 0.382. The van der Waals surface area contributed by atoms with Gasteiger partial charge in [-0.1, -0.05) is 12.1 Å². The first-order valence-corrected chi connectivity index (χ1v) is 11.4. The van der Waals surface area contributed by atoms with Crippen molar-refractivity contribution >= 4 is 22.5 Å². The Labute approximate surface area is 204 Å². The van der Waals surface area contributed by atoms with Gasteiger partial charge in [0, 0.05) is 43.2 Å². The van der Waals surface area contributed by atoms with E-state index in [1.54, 1.807) is 46.5 Å². The second-order valence-electron chi connectivity index (χ2n) is 9.49. The Bertz CT molecular complexity index is 1520. The van der Waals surface area contributed by atoms with Crippen molar-refractivity contribution in [1.82, 2.24) is 24.6 Å². The third-order valence-corrected chi connectivity index (χ3v) is 6.37. The number of amides is 1. The summed E-state index contributed by atoms with van der Waals surface area (Å²) in [6, 6.07) is 8.03. The number of halogens is 4. The van der Waals surface area contributed by atoms with E-state index in [0.29, 0.717) is 40.7 Å². The summed E-state index contributed by atoms with van der Waals surface area (Å²) in [5.41, 5.74) is 0.525. The Morgan fingerprint density at radius 1 is 1.19 bits per heavy atom. The lowest BCUT2D eigenvalue weighted by Gasteiger charge is -2.34. The molecule has 3 heterocycles. The van der Waals surface area contributed by atoms with Crippen LogP contribution in [0.3, 0.4) is 0 Å². The molecule has 2 aromatic heterocycles. The first-order valence-electron chi connectivity index (χ1n) is 11.4. The van der Waals surface area contributed by atoms with Crippen molar-refractivity contribution in [1.29, 1.82) is 0 Å². The summed E-state index contributed by atoms with van der Waals surface area (Å²) in [6.07, 6.45) is 1.69. The van der Waals surface area contributed by atoms with Crippen molar-refractivity contribution in [3.8, 4) is 16.8 Å².